The van der Waals surface area contributed by atoms with Crippen molar-refractivity contribution in [1.29, 1.82) is 0 Å². The van der Waals surface area contributed by atoms with Gasteiger partial charge in [-0.3, -0.25) is 4.98 Å². The highest BCUT2D eigenvalue weighted by atomic mass is 35.5. The Morgan fingerprint density at radius 2 is 2.08 bits per heavy atom. The Balaban J connectivity index is 1.68. The van der Waals surface area contributed by atoms with Crippen LogP contribution in [-0.4, -0.2) is 28.0 Å². The van der Waals surface area contributed by atoms with Crippen LogP contribution in [0.4, 0.5) is 0 Å². The van der Waals surface area contributed by atoms with Gasteiger partial charge >= 0.3 is 5.97 Å². The van der Waals surface area contributed by atoms with Crippen molar-refractivity contribution < 1.29 is 9.53 Å². The van der Waals surface area contributed by atoms with Gasteiger partial charge in [-0.2, -0.15) is 0 Å². The Hall–Kier alpha value is -2.53. The Morgan fingerprint density at radius 3 is 2.84 bits per heavy atom. The topological polar surface area (TPSA) is 65.0 Å². The van der Waals surface area contributed by atoms with E-state index in [-0.39, 0.29) is 17.8 Å². The van der Waals surface area contributed by atoms with Gasteiger partial charge in [0.05, 0.1) is 23.9 Å². The first kappa shape index (κ1) is 16.0. The summed E-state index contributed by atoms with van der Waals surface area (Å²) in [6, 6.07) is 9.16. The lowest BCUT2D eigenvalue weighted by atomic mass is 10.0. The average molecular weight is 354 g/mol. The molecule has 126 valence electrons. The van der Waals surface area contributed by atoms with Gasteiger partial charge in [-0.15, -0.1) is 0 Å². The molecule has 2 atom stereocenters. The molecule has 0 radical (unpaired) electrons. The van der Waals surface area contributed by atoms with Gasteiger partial charge in [-0.25, -0.2) is 14.8 Å². The zero-order chi connectivity index (χ0) is 17.6. The van der Waals surface area contributed by atoms with E-state index in [1.54, 1.807) is 18.3 Å². The SMILES string of the molecule is COC(=O)c1ccc(C2CC2c2nc(C)nc3cccnc23)c(Cl)c1. The minimum atomic E-state index is -0.387. The van der Waals surface area contributed by atoms with Crippen molar-refractivity contribution in [3.05, 3.63) is 64.2 Å². The van der Waals surface area contributed by atoms with Crippen LogP contribution in [0.15, 0.2) is 36.5 Å². The zero-order valence-corrected chi connectivity index (χ0v) is 14.6. The van der Waals surface area contributed by atoms with E-state index in [0.717, 1.165) is 34.5 Å². The number of carbonyl (C=O) groups is 1. The number of aryl methyl sites for hydroxylation is 1. The molecule has 0 saturated heterocycles. The predicted octanol–water partition coefficient (Wildman–Crippen LogP) is 4.04. The number of pyridine rings is 1. The van der Waals surface area contributed by atoms with Crippen molar-refractivity contribution in [2.75, 3.05) is 7.11 Å². The van der Waals surface area contributed by atoms with E-state index in [4.69, 9.17) is 16.3 Å². The number of hydrogen-bond acceptors (Lipinski definition) is 5. The van der Waals surface area contributed by atoms with Crippen LogP contribution in [0.2, 0.25) is 5.02 Å². The van der Waals surface area contributed by atoms with Gasteiger partial charge in [0.2, 0.25) is 0 Å². The quantitative estimate of drug-likeness (QED) is 0.665. The summed E-state index contributed by atoms with van der Waals surface area (Å²) in [5.41, 5.74) is 4.17. The van der Waals surface area contributed by atoms with Crippen LogP contribution in [0.25, 0.3) is 11.0 Å². The molecule has 1 aliphatic carbocycles. The monoisotopic (exact) mass is 353 g/mol. The molecule has 0 aliphatic heterocycles. The number of carbonyl (C=O) groups excluding carboxylic acids is 1. The van der Waals surface area contributed by atoms with Crippen molar-refractivity contribution in [2.45, 2.75) is 25.2 Å². The van der Waals surface area contributed by atoms with E-state index in [1.807, 2.05) is 25.1 Å². The second kappa shape index (κ2) is 6.08. The van der Waals surface area contributed by atoms with Crippen LogP contribution in [0.1, 0.15) is 45.7 Å². The maximum absolute atomic E-state index is 11.6. The standard InChI is InChI=1S/C19H16ClN3O2/c1-10-22-16-4-3-7-21-18(16)17(23-10)14-9-13(14)12-6-5-11(8-15(12)20)19(24)25-2/h3-8,13-14H,9H2,1-2H3. The zero-order valence-electron chi connectivity index (χ0n) is 13.9. The van der Waals surface area contributed by atoms with Gasteiger partial charge in [-0.1, -0.05) is 17.7 Å². The van der Waals surface area contributed by atoms with E-state index in [9.17, 15) is 4.79 Å². The lowest BCUT2D eigenvalue weighted by Crippen LogP contribution is -2.02. The molecule has 5 nitrogen and oxygen atoms in total. The first-order valence-electron chi connectivity index (χ1n) is 8.05. The van der Waals surface area contributed by atoms with Crippen molar-refractivity contribution in [3.8, 4) is 0 Å². The van der Waals surface area contributed by atoms with E-state index in [0.29, 0.717) is 10.6 Å². The third-order valence-corrected chi connectivity index (χ3v) is 4.88. The van der Waals surface area contributed by atoms with Crippen LogP contribution >= 0.6 is 11.6 Å². The minimum Gasteiger partial charge on any atom is -0.465 e. The summed E-state index contributed by atoms with van der Waals surface area (Å²) in [6.07, 6.45) is 2.72. The Morgan fingerprint density at radius 1 is 1.24 bits per heavy atom. The minimum absolute atomic E-state index is 0.264. The molecule has 0 amide bonds. The molecule has 1 saturated carbocycles. The Kier molecular flexibility index (Phi) is 3.88. The lowest BCUT2D eigenvalue weighted by molar-refractivity contribution is 0.0600. The second-order valence-electron chi connectivity index (χ2n) is 6.20. The molecule has 4 rings (SSSR count). The molecule has 2 aromatic heterocycles. The molecule has 1 aliphatic rings. The summed E-state index contributed by atoms with van der Waals surface area (Å²) < 4.78 is 4.74. The average Bonchev–Trinajstić information content (AvgIpc) is 3.40. The fourth-order valence-corrected chi connectivity index (χ4v) is 3.60. The number of aromatic nitrogens is 3. The second-order valence-corrected chi connectivity index (χ2v) is 6.61. The van der Waals surface area contributed by atoms with Gasteiger partial charge in [0.15, 0.2) is 0 Å². The maximum atomic E-state index is 11.6. The van der Waals surface area contributed by atoms with E-state index < -0.39 is 0 Å². The molecule has 3 aromatic rings. The summed E-state index contributed by atoms with van der Waals surface area (Å²) in [4.78, 5) is 25.2. The Labute approximate surface area is 150 Å². The number of fused-ring (bicyclic) bond motifs is 1. The highest BCUT2D eigenvalue weighted by Gasteiger charge is 2.43. The fourth-order valence-electron chi connectivity index (χ4n) is 3.28. The van der Waals surface area contributed by atoms with Gasteiger partial charge in [0.25, 0.3) is 0 Å². The van der Waals surface area contributed by atoms with Gasteiger partial charge in [0, 0.05) is 17.1 Å². The number of halogens is 1. The highest BCUT2D eigenvalue weighted by molar-refractivity contribution is 6.31. The Bertz CT molecular complexity index is 990. The number of ether oxygens (including phenoxy) is 1. The van der Waals surface area contributed by atoms with Crippen LogP contribution in [0.5, 0.6) is 0 Å². The van der Waals surface area contributed by atoms with Crippen LogP contribution < -0.4 is 0 Å². The molecule has 6 heteroatoms. The smallest absolute Gasteiger partial charge is 0.337 e. The van der Waals surface area contributed by atoms with Crippen molar-refractivity contribution in [1.82, 2.24) is 15.0 Å². The molecule has 0 N–H and O–H groups in total. The van der Waals surface area contributed by atoms with Crippen molar-refractivity contribution in [2.24, 2.45) is 0 Å². The normalized spacial score (nSPS) is 19.0. The number of esters is 1. The van der Waals surface area contributed by atoms with Gasteiger partial charge in [-0.05, 0) is 49.1 Å². The first-order chi connectivity index (χ1) is 12.1. The van der Waals surface area contributed by atoms with Gasteiger partial charge < -0.3 is 4.74 Å². The summed E-state index contributed by atoms with van der Waals surface area (Å²) in [5, 5.41) is 0.582. The molecule has 0 bridgehead atoms. The van der Waals surface area contributed by atoms with Crippen LogP contribution in [0.3, 0.4) is 0 Å². The van der Waals surface area contributed by atoms with Gasteiger partial charge in [0.1, 0.15) is 11.3 Å². The maximum Gasteiger partial charge on any atom is 0.337 e. The summed E-state index contributed by atoms with van der Waals surface area (Å²) in [6.45, 7) is 1.89. The number of methoxy groups -OCH3 is 1. The molecule has 2 unspecified atom stereocenters. The molecule has 25 heavy (non-hydrogen) atoms. The summed E-state index contributed by atoms with van der Waals surface area (Å²) in [5.74, 6) is 0.898. The molecular weight excluding hydrogens is 338 g/mol. The molecular formula is C19H16ClN3O2. The van der Waals surface area contributed by atoms with Crippen LogP contribution in [0, 0.1) is 6.92 Å². The third-order valence-electron chi connectivity index (χ3n) is 4.56. The number of rotatable bonds is 3. The first-order valence-corrected chi connectivity index (χ1v) is 8.43. The highest BCUT2D eigenvalue weighted by Crippen LogP contribution is 2.56. The van der Waals surface area contributed by atoms with Crippen molar-refractivity contribution in [3.63, 3.8) is 0 Å². The molecule has 1 fully saturated rings. The van der Waals surface area contributed by atoms with E-state index in [2.05, 4.69) is 15.0 Å². The molecule has 2 heterocycles. The third kappa shape index (κ3) is 2.85. The van der Waals surface area contributed by atoms with Crippen molar-refractivity contribution >= 4 is 28.6 Å². The fraction of sp³-hybridized carbons (Fsp3) is 0.263. The largest absolute Gasteiger partial charge is 0.465 e. The number of benzene rings is 1. The van der Waals surface area contributed by atoms with E-state index in [1.165, 1.54) is 7.11 Å². The summed E-state index contributed by atoms with van der Waals surface area (Å²) in [7, 11) is 1.36. The number of hydrogen-bond donors (Lipinski definition) is 0. The lowest BCUT2D eigenvalue weighted by Gasteiger charge is -2.08. The predicted molar refractivity (Wildman–Crippen MR) is 95.0 cm³/mol. The van der Waals surface area contributed by atoms with Crippen LogP contribution in [-0.2, 0) is 4.74 Å². The molecule has 0 spiro atoms. The van der Waals surface area contributed by atoms with E-state index >= 15 is 0 Å². The molecule has 1 aromatic carbocycles. The summed E-state index contributed by atoms with van der Waals surface area (Å²) >= 11 is 6.41. The number of nitrogens with zero attached hydrogens (tertiary/aromatic N) is 3.